The van der Waals surface area contributed by atoms with Crippen LogP contribution in [0.25, 0.3) is 0 Å². The van der Waals surface area contributed by atoms with Crippen molar-refractivity contribution in [2.24, 2.45) is 0 Å². The maximum Gasteiger partial charge on any atom is 0.251 e. The van der Waals surface area contributed by atoms with E-state index >= 15 is 0 Å². The number of aromatic nitrogens is 1. The van der Waals surface area contributed by atoms with Gasteiger partial charge >= 0.3 is 0 Å². The standard InChI is InChI=1S/C18H20FN3O2/c19-16-5-3-14(4-6-16)18(23)21-13-17(15-2-1-7-20-12-15)22-8-10-24-11-9-22/h1-7,12,17H,8-11,13H2,(H,21,23)/t17-/m1/s1. The highest BCUT2D eigenvalue weighted by Crippen LogP contribution is 2.20. The highest BCUT2D eigenvalue weighted by molar-refractivity contribution is 5.94. The van der Waals surface area contributed by atoms with E-state index in [0.717, 1.165) is 18.7 Å². The molecule has 5 nitrogen and oxygen atoms in total. The second-order valence-corrected chi connectivity index (χ2v) is 5.67. The summed E-state index contributed by atoms with van der Waals surface area (Å²) in [5.74, 6) is -0.565. The molecular weight excluding hydrogens is 309 g/mol. The lowest BCUT2D eigenvalue weighted by atomic mass is 10.1. The fraction of sp³-hybridized carbons (Fsp3) is 0.333. The van der Waals surface area contributed by atoms with Gasteiger partial charge in [0.1, 0.15) is 5.82 Å². The first-order chi connectivity index (χ1) is 11.7. The van der Waals surface area contributed by atoms with E-state index in [1.54, 1.807) is 6.20 Å². The summed E-state index contributed by atoms with van der Waals surface area (Å²) in [7, 11) is 0. The molecule has 0 saturated carbocycles. The molecule has 1 amide bonds. The molecule has 0 radical (unpaired) electrons. The van der Waals surface area contributed by atoms with Gasteiger partial charge in [-0.05, 0) is 35.9 Å². The quantitative estimate of drug-likeness (QED) is 0.912. The van der Waals surface area contributed by atoms with Crippen LogP contribution in [-0.2, 0) is 4.74 Å². The molecule has 126 valence electrons. The molecule has 0 unspecified atom stereocenters. The maximum absolute atomic E-state index is 13.0. The molecule has 1 aliphatic rings. The number of morpholine rings is 1. The van der Waals surface area contributed by atoms with Gasteiger partial charge in [0.2, 0.25) is 0 Å². The average Bonchev–Trinajstić information content (AvgIpc) is 2.64. The van der Waals surface area contributed by atoms with E-state index in [0.29, 0.717) is 25.3 Å². The number of nitrogens with one attached hydrogen (secondary N) is 1. The summed E-state index contributed by atoms with van der Waals surface area (Å²) in [6.45, 7) is 3.45. The molecule has 0 bridgehead atoms. The fourth-order valence-electron chi connectivity index (χ4n) is 2.81. The smallest absolute Gasteiger partial charge is 0.251 e. The number of ether oxygens (including phenoxy) is 1. The van der Waals surface area contributed by atoms with Crippen molar-refractivity contribution < 1.29 is 13.9 Å². The predicted molar refractivity (Wildman–Crippen MR) is 88.1 cm³/mol. The van der Waals surface area contributed by atoms with Gasteiger partial charge in [0.25, 0.3) is 5.91 Å². The minimum Gasteiger partial charge on any atom is -0.379 e. The molecule has 24 heavy (non-hydrogen) atoms. The van der Waals surface area contributed by atoms with Gasteiger partial charge in [0, 0.05) is 37.6 Å². The lowest BCUT2D eigenvalue weighted by molar-refractivity contribution is 0.0161. The number of hydrogen-bond acceptors (Lipinski definition) is 4. The zero-order chi connectivity index (χ0) is 16.8. The molecule has 1 saturated heterocycles. The van der Waals surface area contributed by atoms with Crippen LogP contribution >= 0.6 is 0 Å². The highest BCUT2D eigenvalue weighted by Gasteiger charge is 2.23. The van der Waals surface area contributed by atoms with E-state index in [4.69, 9.17) is 4.74 Å². The Balaban J connectivity index is 1.69. The van der Waals surface area contributed by atoms with Crippen molar-refractivity contribution in [2.45, 2.75) is 6.04 Å². The van der Waals surface area contributed by atoms with Crippen LogP contribution in [0.5, 0.6) is 0 Å². The average molecular weight is 329 g/mol. The Bertz CT molecular complexity index is 658. The molecule has 3 rings (SSSR count). The Morgan fingerprint density at radius 1 is 1.25 bits per heavy atom. The number of halogens is 1. The summed E-state index contributed by atoms with van der Waals surface area (Å²) in [4.78, 5) is 18.7. The van der Waals surface area contributed by atoms with Crippen molar-refractivity contribution in [2.75, 3.05) is 32.8 Å². The van der Waals surface area contributed by atoms with Crippen molar-refractivity contribution in [1.29, 1.82) is 0 Å². The normalized spacial score (nSPS) is 16.5. The largest absolute Gasteiger partial charge is 0.379 e. The van der Waals surface area contributed by atoms with E-state index in [9.17, 15) is 9.18 Å². The zero-order valence-corrected chi connectivity index (χ0v) is 13.3. The predicted octanol–water partition coefficient (Wildman–Crippen LogP) is 2.02. The molecule has 0 spiro atoms. The molecule has 1 atom stereocenters. The van der Waals surface area contributed by atoms with Crippen molar-refractivity contribution in [3.63, 3.8) is 0 Å². The topological polar surface area (TPSA) is 54.5 Å². The van der Waals surface area contributed by atoms with Crippen LogP contribution in [0.4, 0.5) is 4.39 Å². The number of carbonyl (C=O) groups is 1. The lowest BCUT2D eigenvalue weighted by Crippen LogP contribution is -2.43. The lowest BCUT2D eigenvalue weighted by Gasteiger charge is -2.34. The number of hydrogen-bond donors (Lipinski definition) is 1. The first-order valence-electron chi connectivity index (χ1n) is 7.99. The van der Waals surface area contributed by atoms with E-state index in [1.165, 1.54) is 24.3 Å². The Hall–Kier alpha value is -2.31. The molecule has 1 aromatic carbocycles. The summed E-state index contributed by atoms with van der Waals surface area (Å²) < 4.78 is 18.4. The van der Waals surface area contributed by atoms with Gasteiger partial charge in [-0.3, -0.25) is 14.7 Å². The van der Waals surface area contributed by atoms with E-state index in [1.807, 2.05) is 18.3 Å². The van der Waals surface area contributed by atoms with E-state index in [2.05, 4.69) is 15.2 Å². The second kappa shape index (κ2) is 7.99. The minimum absolute atomic E-state index is 0.0343. The van der Waals surface area contributed by atoms with Gasteiger partial charge in [-0.15, -0.1) is 0 Å². The van der Waals surface area contributed by atoms with Gasteiger partial charge in [0.15, 0.2) is 0 Å². The third kappa shape index (κ3) is 4.15. The summed E-state index contributed by atoms with van der Waals surface area (Å²) in [5.41, 5.74) is 1.50. The number of benzene rings is 1. The van der Waals surface area contributed by atoms with Gasteiger partial charge in [0.05, 0.1) is 19.3 Å². The molecule has 1 aliphatic heterocycles. The number of rotatable bonds is 5. The van der Waals surface area contributed by atoms with Crippen molar-refractivity contribution in [3.05, 3.63) is 65.7 Å². The van der Waals surface area contributed by atoms with Crippen LogP contribution in [0.15, 0.2) is 48.8 Å². The first-order valence-corrected chi connectivity index (χ1v) is 7.99. The SMILES string of the molecule is O=C(NC[C@H](c1cccnc1)N1CCOCC1)c1ccc(F)cc1. The fourth-order valence-corrected chi connectivity index (χ4v) is 2.81. The van der Waals surface area contributed by atoms with Crippen LogP contribution in [0.3, 0.4) is 0 Å². The zero-order valence-electron chi connectivity index (χ0n) is 13.3. The van der Waals surface area contributed by atoms with Crippen LogP contribution in [0.1, 0.15) is 22.0 Å². The monoisotopic (exact) mass is 329 g/mol. The summed E-state index contributed by atoms with van der Waals surface area (Å²) in [5, 5.41) is 2.94. The van der Waals surface area contributed by atoms with Crippen molar-refractivity contribution >= 4 is 5.91 Å². The van der Waals surface area contributed by atoms with Gasteiger partial charge in [-0.1, -0.05) is 6.07 Å². The molecule has 0 aliphatic carbocycles. The molecular formula is C18H20FN3O2. The minimum atomic E-state index is -0.354. The number of nitrogens with zero attached hydrogens (tertiary/aromatic N) is 2. The van der Waals surface area contributed by atoms with Crippen LogP contribution in [0, 0.1) is 5.82 Å². The Labute approximate surface area is 140 Å². The molecule has 1 aromatic heterocycles. The van der Waals surface area contributed by atoms with E-state index < -0.39 is 0 Å². The third-order valence-corrected chi connectivity index (χ3v) is 4.12. The second-order valence-electron chi connectivity index (χ2n) is 5.67. The van der Waals surface area contributed by atoms with Gasteiger partial charge < -0.3 is 10.1 Å². The Morgan fingerprint density at radius 2 is 2.00 bits per heavy atom. The highest BCUT2D eigenvalue weighted by atomic mass is 19.1. The van der Waals surface area contributed by atoms with Crippen LogP contribution in [0.2, 0.25) is 0 Å². The summed E-state index contributed by atoms with van der Waals surface area (Å²) in [6, 6.07) is 9.48. The van der Waals surface area contributed by atoms with Gasteiger partial charge in [-0.2, -0.15) is 0 Å². The van der Waals surface area contributed by atoms with Gasteiger partial charge in [-0.25, -0.2) is 4.39 Å². The third-order valence-electron chi connectivity index (χ3n) is 4.12. The number of carbonyl (C=O) groups excluding carboxylic acids is 1. The summed E-state index contributed by atoms with van der Waals surface area (Å²) >= 11 is 0. The van der Waals surface area contributed by atoms with Crippen LogP contribution < -0.4 is 5.32 Å². The van der Waals surface area contributed by atoms with Crippen LogP contribution in [-0.4, -0.2) is 48.6 Å². The molecule has 2 heterocycles. The molecule has 1 fully saturated rings. The molecule has 2 aromatic rings. The Morgan fingerprint density at radius 3 is 2.67 bits per heavy atom. The molecule has 6 heteroatoms. The maximum atomic E-state index is 13.0. The van der Waals surface area contributed by atoms with E-state index in [-0.39, 0.29) is 17.8 Å². The van der Waals surface area contributed by atoms with Crippen molar-refractivity contribution in [1.82, 2.24) is 15.2 Å². The number of pyridine rings is 1. The molecule has 1 N–H and O–H groups in total. The Kier molecular flexibility index (Phi) is 5.51. The first kappa shape index (κ1) is 16.5. The summed E-state index contributed by atoms with van der Waals surface area (Å²) in [6.07, 6.45) is 3.56. The number of amides is 1. The van der Waals surface area contributed by atoms with Crippen molar-refractivity contribution in [3.8, 4) is 0 Å².